The summed E-state index contributed by atoms with van der Waals surface area (Å²) in [6, 6.07) is 13.5. The fourth-order valence-corrected chi connectivity index (χ4v) is 2.72. The van der Waals surface area contributed by atoms with Crippen LogP contribution in [-0.4, -0.2) is 54.3 Å². The average Bonchev–Trinajstić information content (AvgIpc) is 3.05. The molecule has 1 fully saturated rings. The summed E-state index contributed by atoms with van der Waals surface area (Å²) >= 11 is 0. The largest absolute Gasteiger partial charge is 0.471 e. The molecule has 6 heteroatoms. The summed E-state index contributed by atoms with van der Waals surface area (Å²) < 4.78 is 5.85. The molecule has 24 heavy (non-hydrogen) atoms. The minimum Gasteiger partial charge on any atom is -0.471 e. The number of hydrogen-bond acceptors (Lipinski definition) is 5. The first-order valence-electron chi connectivity index (χ1n) is 8.11. The molecule has 1 aliphatic heterocycles. The Balaban J connectivity index is 1.52. The number of anilines is 1. The molecule has 1 aliphatic rings. The van der Waals surface area contributed by atoms with E-state index in [1.807, 2.05) is 66.4 Å². The lowest BCUT2D eigenvalue weighted by molar-refractivity contribution is -0.129. The summed E-state index contributed by atoms with van der Waals surface area (Å²) in [5, 5.41) is 8.18. The standard InChI is InChI=1S/C18H22N4O2/c1-21(2)16-8-9-17(20-19-16)24-15-10-11-22(13-15)18(23)12-14-6-4-3-5-7-14/h3-9,15H,10-13H2,1-2H3. The Kier molecular flexibility index (Phi) is 4.93. The third-order valence-corrected chi connectivity index (χ3v) is 4.07. The van der Waals surface area contributed by atoms with Gasteiger partial charge >= 0.3 is 0 Å². The van der Waals surface area contributed by atoms with Crippen molar-refractivity contribution in [2.24, 2.45) is 0 Å². The van der Waals surface area contributed by atoms with Gasteiger partial charge in [-0.1, -0.05) is 30.3 Å². The van der Waals surface area contributed by atoms with Gasteiger partial charge in [-0.05, 0) is 11.6 Å². The van der Waals surface area contributed by atoms with Crippen LogP contribution in [0.1, 0.15) is 12.0 Å². The number of nitrogens with zero attached hydrogens (tertiary/aromatic N) is 4. The van der Waals surface area contributed by atoms with Crippen LogP contribution in [0.2, 0.25) is 0 Å². The van der Waals surface area contributed by atoms with Crippen molar-refractivity contribution in [2.75, 3.05) is 32.1 Å². The number of aromatic nitrogens is 2. The molecular weight excluding hydrogens is 304 g/mol. The first kappa shape index (κ1) is 16.2. The second-order valence-electron chi connectivity index (χ2n) is 6.15. The Hall–Kier alpha value is -2.63. The topological polar surface area (TPSA) is 58.6 Å². The van der Waals surface area contributed by atoms with E-state index in [0.717, 1.165) is 24.3 Å². The van der Waals surface area contributed by atoms with E-state index in [2.05, 4.69) is 10.2 Å². The van der Waals surface area contributed by atoms with E-state index in [4.69, 9.17) is 4.74 Å². The van der Waals surface area contributed by atoms with Crippen molar-refractivity contribution in [1.29, 1.82) is 0 Å². The maximum absolute atomic E-state index is 12.4. The molecule has 2 heterocycles. The normalized spacial score (nSPS) is 16.9. The van der Waals surface area contributed by atoms with Crippen LogP contribution in [0.15, 0.2) is 42.5 Å². The summed E-state index contributed by atoms with van der Waals surface area (Å²) in [6.07, 6.45) is 1.23. The second-order valence-corrected chi connectivity index (χ2v) is 6.15. The first-order valence-corrected chi connectivity index (χ1v) is 8.11. The van der Waals surface area contributed by atoms with Gasteiger partial charge in [-0.3, -0.25) is 4.79 Å². The number of amides is 1. The van der Waals surface area contributed by atoms with Gasteiger partial charge in [-0.25, -0.2) is 0 Å². The van der Waals surface area contributed by atoms with Gasteiger partial charge in [0.2, 0.25) is 11.8 Å². The minimum atomic E-state index is -0.0239. The quantitative estimate of drug-likeness (QED) is 0.838. The van der Waals surface area contributed by atoms with Gasteiger partial charge in [-0.2, -0.15) is 0 Å². The van der Waals surface area contributed by atoms with E-state index in [9.17, 15) is 4.79 Å². The van der Waals surface area contributed by atoms with Crippen molar-refractivity contribution < 1.29 is 9.53 Å². The van der Waals surface area contributed by atoms with Crippen LogP contribution < -0.4 is 9.64 Å². The van der Waals surface area contributed by atoms with E-state index >= 15 is 0 Å². The Morgan fingerprint density at radius 1 is 1.21 bits per heavy atom. The maximum Gasteiger partial charge on any atom is 0.233 e. The second kappa shape index (κ2) is 7.29. The zero-order valence-corrected chi connectivity index (χ0v) is 14.1. The van der Waals surface area contributed by atoms with Gasteiger partial charge in [0.05, 0.1) is 13.0 Å². The fraction of sp³-hybridized carbons (Fsp3) is 0.389. The fourth-order valence-electron chi connectivity index (χ4n) is 2.72. The van der Waals surface area contributed by atoms with Gasteiger partial charge in [-0.15, -0.1) is 10.2 Å². The van der Waals surface area contributed by atoms with Crippen LogP contribution in [-0.2, 0) is 11.2 Å². The Morgan fingerprint density at radius 3 is 2.67 bits per heavy atom. The Bertz CT molecular complexity index is 673. The molecule has 0 spiro atoms. The average molecular weight is 326 g/mol. The molecule has 1 saturated heterocycles. The summed E-state index contributed by atoms with van der Waals surface area (Å²) in [5.41, 5.74) is 1.04. The Labute approximate surface area is 142 Å². The lowest BCUT2D eigenvalue weighted by atomic mass is 10.1. The van der Waals surface area contributed by atoms with Crippen LogP contribution >= 0.6 is 0 Å². The van der Waals surface area contributed by atoms with Gasteiger partial charge in [0.25, 0.3) is 0 Å². The molecule has 1 aromatic carbocycles. The van der Waals surface area contributed by atoms with Crippen molar-refractivity contribution in [3.63, 3.8) is 0 Å². The van der Waals surface area contributed by atoms with Crippen molar-refractivity contribution in [3.8, 4) is 5.88 Å². The van der Waals surface area contributed by atoms with Crippen LogP contribution in [0.5, 0.6) is 5.88 Å². The third kappa shape index (κ3) is 4.01. The number of ether oxygens (including phenoxy) is 1. The molecule has 1 unspecified atom stereocenters. The lowest BCUT2D eigenvalue weighted by Gasteiger charge is -2.17. The third-order valence-electron chi connectivity index (χ3n) is 4.07. The predicted molar refractivity (Wildman–Crippen MR) is 92.1 cm³/mol. The molecule has 1 aromatic heterocycles. The molecule has 0 bridgehead atoms. The molecule has 0 N–H and O–H groups in total. The monoisotopic (exact) mass is 326 g/mol. The van der Waals surface area contributed by atoms with E-state index in [1.54, 1.807) is 0 Å². The molecule has 1 amide bonds. The molecular formula is C18H22N4O2. The van der Waals surface area contributed by atoms with Gasteiger partial charge in [0.15, 0.2) is 5.82 Å². The number of benzene rings is 1. The van der Waals surface area contributed by atoms with Crippen molar-refractivity contribution >= 4 is 11.7 Å². The lowest BCUT2D eigenvalue weighted by Crippen LogP contribution is -2.32. The SMILES string of the molecule is CN(C)c1ccc(OC2CCN(C(=O)Cc3ccccc3)C2)nn1. The van der Waals surface area contributed by atoms with Crippen molar-refractivity contribution in [2.45, 2.75) is 18.9 Å². The molecule has 3 rings (SSSR count). The molecule has 0 aliphatic carbocycles. The summed E-state index contributed by atoms with van der Waals surface area (Å²) in [5.74, 6) is 1.43. The van der Waals surface area contributed by atoms with E-state index in [-0.39, 0.29) is 12.0 Å². The highest BCUT2D eigenvalue weighted by Gasteiger charge is 2.27. The van der Waals surface area contributed by atoms with Crippen LogP contribution in [0, 0.1) is 0 Å². The maximum atomic E-state index is 12.4. The highest BCUT2D eigenvalue weighted by molar-refractivity contribution is 5.79. The number of hydrogen-bond donors (Lipinski definition) is 0. The molecule has 1 atom stereocenters. The van der Waals surface area contributed by atoms with Crippen LogP contribution in [0.3, 0.4) is 0 Å². The molecule has 126 valence electrons. The summed E-state index contributed by atoms with van der Waals surface area (Å²) in [7, 11) is 3.83. The first-order chi connectivity index (χ1) is 11.6. The number of carbonyl (C=O) groups is 1. The van der Waals surface area contributed by atoms with Crippen LogP contribution in [0.25, 0.3) is 0 Å². The van der Waals surface area contributed by atoms with Gasteiger partial charge < -0.3 is 14.5 Å². The zero-order valence-electron chi connectivity index (χ0n) is 14.1. The van der Waals surface area contributed by atoms with E-state index in [0.29, 0.717) is 18.8 Å². The number of likely N-dealkylation sites (tertiary alicyclic amines) is 1. The van der Waals surface area contributed by atoms with Gasteiger partial charge in [0.1, 0.15) is 6.10 Å². The van der Waals surface area contributed by atoms with Gasteiger partial charge in [0, 0.05) is 33.1 Å². The summed E-state index contributed by atoms with van der Waals surface area (Å²) in [6.45, 7) is 1.32. The number of carbonyl (C=O) groups excluding carboxylic acids is 1. The van der Waals surface area contributed by atoms with E-state index in [1.165, 1.54) is 0 Å². The smallest absolute Gasteiger partial charge is 0.233 e. The highest BCUT2D eigenvalue weighted by atomic mass is 16.5. The number of rotatable bonds is 5. The summed E-state index contributed by atoms with van der Waals surface area (Å²) in [4.78, 5) is 16.1. The predicted octanol–water partition coefficient (Wildman–Crippen LogP) is 1.76. The Morgan fingerprint density at radius 2 is 2.00 bits per heavy atom. The molecule has 0 saturated carbocycles. The molecule has 2 aromatic rings. The van der Waals surface area contributed by atoms with Crippen LogP contribution in [0.4, 0.5) is 5.82 Å². The van der Waals surface area contributed by atoms with Crippen molar-refractivity contribution in [1.82, 2.24) is 15.1 Å². The molecule has 6 nitrogen and oxygen atoms in total. The minimum absolute atomic E-state index is 0.0239. The zero-order chi connectivity index (χ0) is 16.9. The highest BCUT2D eigenvalue weighted by Crippen LogP contribution is 2.18. The van der Waals surface area contributed by atoms with Crippen molar-refractivity contribution in [3.05, 3.63) is 48.0 Å². The van der Waals surface area contributed by atoms with E-state index < -0.39 is 0 Å². The molecule has 0 radical (unpaired) electrons.